The molecule has 1 aliphatic heterocycles. The van der Waals surface area contributed by atoms with E-state index in [2.05, 4.69) is 42.3 Å². The second kappa shape index (κ2) is 6.92. The van der Waals surface area contributed by atoms with Gasteiger partial charge in [-0.25, -0.2) is 0 Å². The third kappa shape index (κ3) is 3.59. The molecule has 3 rings (SSSR count). The monoisotopic (exact) mass is 309 g/mol. The molecule has 4 heteroatoms. The van der Waals surface area contributed by atoms with Gasteiger partial charge in [-0.05, 0) is 36.6 Å². The summed E-state index contributed by atoms with van der Waals surface area (Å²) in [6.45, 7) is 6.50. The summed E-state index contributed by atoms with van der Waals surface area (Å²) in [5.41, 5.74) is 4.59. The fourth-order valence-electron chi connectivity index (χ4n) is 3.13. The van der Waals surface area contributed by atoms with E-state index in [0.29, 0.717) is 6.42 Å². The van der Waals surface area contributed by atoms with Crippen LogP contribution in [0.2, 0.25) is 0 Å². The van der Waals surface area contributed by atoms with Gasteiger partial charge in [0.1, 0.15) is 0 Å². The quantitative estimate of drug-likeness (QED) is 0.947. The second-order valence-electron chi connectivity index (χ2n) is 6.20. The summed E-state index contributed by atoms with van der Waals surface area (Å²) >= 11 is 0. The molecule has 0 bridgehead atoms. The highest BCUT2D eigenvalue weighted by Gasteiger charge is 2.28. The molecule has 120 valence electrons. The number of pyridine rings is 1. The van der Waals surface area contributed by atoms with Crippen molar-refractivity contribution in [3.63, 3.8) is 0 Å². The predicted molar refractivity (Wildman–Crippen MR) is 91.2 cm³/mol. The number of carbonyl (C=O) groups is 1. The van der Waals surface area contributed by atoms with Crippen LogP contribution in [0.4, 0.5) is 0 Å². The maximum Gasteiger partial charge on any atom is 0.227 e. The van der Waals surface area contributed by atoms with Crippen LogP contribution in [0.3, 0.4) is 0 Å². The first-order valence-electron chi connectivity index (χ1n) is 8.11. The molecule has 2 aromatic rings. The molecule has 0 aliphatic carbocycles. The van der Waals surface area contributed by atoms with Gasteiger partial charge in [0.15, 0.2) is 0 Å². The number of nitrogens with one attached hydrogen (secondary N) is 1. The van der Waals surface area contributed by atoms with Gasteiger partial charge in [0.25, 0.3) is 0 Å². The van der Waals surface area contributed by atoms with Gasteiger partial charge in [0.05, 0.1) is 12.5 Å². The zero-order valence-electron chi connectivity index (χ0n) is 13.7. The molecule has 1 fully saturated rings. The number of carbonyl (C=O) groups excluding carboxylic acids is 1. The Balaban J connectivity index is 1.80. The molecule has 4 nitrogen and oxygen atoms in total. The van der Waals surface area contributed by atoms with Crippen LogP contribution in [0.1, 0.15) is 28.3 Å². The molecule has 1 N–H and O–H groups in total. The number of amides is 1. The largest absolute Gasteiger partial charge is 0.333 e. The van der Waals surface area contributed by atoms with Crippen molar-refractivity contribution < 1.29 is 4.79 Å². The van der Waals surface area contributed by atoms with Crippen LogP contribution >= 0.6 is 0 Å². The Morgan fingerprint density at radius 1 is 1.35 bits per heavy atom. The average molecular weight is 309 g/mol. The van der Waals surface area contributed by atoms with Crippen molar-refractivity contribution in [3.05, 3.63) is 65.0 Å². The first kappa shape index (κ1) is 15.7. The fraction of sp³-hybridized carbons (Fsp3) is 0.368. The maximum absolute atomic E-state index is 12.9. The predicted octanol–water partition coefficient (Wildman–Crippen LogP) is 2.41. The molecular formula is C19H23N3O. The van der Waals surface area contributed by atoms with Gasteiger partial charge in [-0.1, -0.05) is 29.8 Å². The molecule has 1 saturated heterocycles. The van der Waals surface area contributed by atoms with Gasteiger partial charge >= 0.3 is 0 Å². The number of hydrogen-bond acceptors (Lipinski definition) is 3. The Kier molecular flexibility index (Phi) is 4.72. The highest BCUT2D eigenvalue weighted by Crippen LogP contribution is 2.23. The van der Waals surface area contributed by atoms with Crippen molar-refractivity contribution >= 4 is 5.91 Å². The summed E-state index contributed by atoms with van der Waals surface area (Å²) in [6, 6.07) is 10.3. The third-order valence-electron chi connectivity index (χ3n) is 4.48. The lowest BCUT2D eigenvalue weighted by Crippen LogP contribution is -2.49. The lowest BCUT2D eigenvalue weighted by molar-refractivity contribution is -0.133. The van der Waals surface area contributed by atoms with Crippen LogP contribution < -0.4 is 5.32 Å². The van der Waals surface area contributed by atoms with Crippen LogP contribution in [-0.2, 0) is 11.2 Å². The second-order valence-corrected chi connectivity index (χ2v) is 6.20. The molecular weight excluding hydrogens is 286 g/mol. The van der Waals surface area contributed by atoms with Gasteiger partial charge in [0, 0.05) is 32.0 Å². The van der Waals surface area contributed by atoms with Crippen LogP contribution in [0.25, 0.3) is 0 Å². The van der Waals surface area contributed by atoms with Crippen molar-refractivity contribution in [1.29, 1.82) is 0 Å². The van der Waals surface area contributed by atoms with Crippen molar-refractivity contribution in [2.75, 3.05) is 19.6 Å². The van der Waals surface area contributed by atoms with Crippen molar-refractivity contribution in [1.82, 2.24) is 15.2 Å². The summed E-state index contributed by atoms with van der Waals surface area (Å²) in [4.78, 5) is 19.1. The zero-order valence-corrected chi connectivity index (χ0v) is 13.7. The fourth-order valence-corrected chi connectivity index (χ4v) is 3.13. The van der Waals surface area contributed by atoms with E-state index in [4.69, 9.17) is 0 Å². The van der Waals surface area contributed by atoms with Gasteiger partial charge < -0.3 is 10.2 Å². The third-order valence-corrected chi connectivity index (χ3v) is 4.48. The molecule has 0 radical (unpaired) electrons. The number of rotatable bonds is 3. The average Bonchev–Trinajstić information content (AvgIpc) is 2.59. The number of hydrogen-bond donors (Lipinski definition) is 1. The van der Waals surface area contributed by atoms with Crippen LogP contribution in [0.5, 0.6) is 0 Å². The van der Waals surface area contributed by atoms with Crippen molar-refractivity contribution in [3.8, 4) is 0 Å². The first-order valence-corrected chi connectivity index (χ1v) is 8.11. The van der Waals surface area contributed by atoms with E-state index >= 15 is 0 Å². The Morgan fingerprint density at radius 3 is 3.00 bits per heavy atom. The van der Waals surface area contributed by atoms with Gasteiger partial charge in [0.2, 0.25) is 5.91 Å². The van der Waals surface area contributed by atoms with Crippen molar-refractivity contribution in [2.24, 2.45) is 0 Å². The summed E-state index contributed by atoms with van der Waals surface area (Å²) < 4.78 is 0. The minimum atomic E-state index is 0.0649. The van der Waals surface area contributed by atoms with Gasteiger partial charge in [-0.2, -0.15) is 0 Å². The summed E-state index contributed by atoms with van der Waals surface area (Å²) in [7, 11) is 0. The summed E-state index contributed by atoms with van der Waals surface area (Å²) in [5, 5.41) is 3.38. The minimum absolute atomic E-state index is 0.0649. The molecule has 1 aromatic heterocycles. The maximum atomic E-state index is 12.9. The van der Waals surface area contributed by atoms with Crippen LogP contribution in [0, 0.1) is 13.8 Å². The Bertz CT molecular complexity index is 684. The molecule has 1 aliphatic rings. The molecule has 23 heavy (non-hydrogen) atoms. The normalized spacial score (nSPS) is 18.0. The molecule has 0 spiro atoms. The van der Waals surface area contributed by atoms with E-state index in [1.807, 2.05) is 23.2 Å². The smallest absolute Gasteiger partial charge is 0.227 e. The molecule has 0 saturated carbocycles. The van der Waals surface area contributed by atoms with Crippen LogP contribution in [-0.4, -0.2) is 35.4 Å². The summed E-state index contributed by atoms with van der Waals surface area (Å²) in [5.74, 6) is 0.189. The SMILES string of the molecule is Cc1ccc(C)c(CC(=O)N2CCNCC2c2cccnc2)c1. The first-order chi connectivity index (χ1) is 11.1. The van der Waals surface area contributed by atoms with Gasteiger partial charge in [-0.3, -0.25) is 9.78 Å². The number of aromatic nitrogens is 1. The number of piperazine rings is 1. The topological polar surface area (TPSA) is 45.2 Å². The van der Waals surface area contributed by atoms with E-state index in [-0.39, 0.29) is 11.9 Å². The van der Waals surface area contributed by atoms with E-state index in [1.165, 1.54) is 11.1 Å². The van der Waals surface area contributed by atoms with E-state index in [0.717, 1.165) is 30.8 Å². The lowest BCUT2D eigenvalue weighted by Gasteiger charge is -2.36. The van der Waals surface area contributed by atoms with Crippen LogP contribution in [0.15, 0.2) is 42.7 Å². The number of aryl methyl sites for hydroxylation is 2. The van der Waals surface area contributed by atoms with E-state index in [9.17, 15) is 4.79 Å². The lowest BCUT2D eigenvalue weighted by atomic mass is 10.00. The minimum Gasteiger partial charge on any atom is -0.333 e. The molecule has 1 aromatic carbocycles. The Hall–Kier alpha value is -2.20. The molecule has 1 atom stereocenters. The molecule has 1 amide bonds. The van der Waals surface area contributed by atoms with Gasteiger partial charge in [-0.15, -0.1) is 0 Å². The van der Waals surface area contributed by atoms with E-state index < -0.39 is 0 Å². The summed E-state index contributed by atoms with van der Waals surface area (Å²) in [6.07, 6.45) is 4.09. The highest BCUT2D eigenvalue weighted by atomic mass is 16.2. The highest BCUT2D eigenvalue weighted by molar-refractivity contribution is 5.80. The molecule has 2 heterocycles. The zero-order chi connectivity index (χ0) is 16.2. The number of benzene rings is 1. The Morgan fingerprint density at radius 2 is 2.22 bits per heavy atom. The number of nitrogens with zero attached hydrogens (tertiary/aromatic N) is 2. The molecule has 1 unspecified atom stereocenters. The standard InChI is InChI=1S/C19H23N3O/c1-14-5-6-15(2)17(10-14)11-19(23)22-9-8-21-13-18(22)16-4-3-7-20-12-16/h3-7,10,12,18,21H,8-9,11,13H2,1-2H3. The Labute approximate surface area is 137 Å². The van der Waals surface area contributed by atoms with Crippen molar-refractivity contribution in [2.45, 2.75) is 26.3 Å². The van der Waals surface area contributed by atoms with E-state index in [1.54, 1.807) is 6.20 Å².